The maximum atomic E-state index is 13.5. The minimum absolute atomic E-state index is 0.373. The maximum Gasteiger partial charge on any atom is 0.307 e. The molecule has 0 saturated heterocycles. The van der Waals surface area contributed by atoms with E-state index in [1.165, 1.54) is 0 Å². The van der Waals surface area contributed by atoms with E-state index in [2.05, 4.69) is 5.32 Å². The van der Waals surface area contributed by atoms with E-state index in [-0.39, 0.29) is 0 Å². The second-order valence-electron chi connectivity index (χ2n) is 4.36. The number of nitrogens with zero attached hydrogens (tertiary/aromatic N) is 1. The number of nitrogens with one attached hydrogen (secondary N) is 1. The van der Waals surface area contributed by atoms with E-state index in [4.69, 9.17) is 5.73 Å². The first-order valence-electron chi connectivity index (χ1n) is 6.01. The zero-order valence-corrected chi connectivity index (χ0v) is 10.9. The first-order chi connectivity index (χ1) is 9.36. The van der Waals surface area contributed by atoms with Crippen LogP contribution in [0.25, 0.3) is 0 Å². The van der Waals surface area contributed by atoms with Gasteiger partial charge in [-0.25, -0.2) is 4.39 Å². The first-order valence-corrected chi connectivity index (χ1v) is 6.01. The van der Waals surface area contributed by atoms with Crippen molar-refractivity contribution >= 4 is 17.3 Å². The molecule has 8 heteroatoms. The molecule has 1 atom stereocenters. The molecular weight excluding hydrogens is 272 g/mol. The van der Waals surface area contributed by atoms with E-state index in [9.17, 15) is 23.7 Å². The Bertz CT molecular complexity index is 523. The molecule has 0 bridgehead atoms. The summed E-state index contributed by atoms with van der Waals surface area (Å²) in [5, 5.41) is 12.8. The Labute approximate surface area is 114 Å². The monoisotopic (exact) mass is 287 g/mol. The fourth-order valence-corrected chi connectivity index (χ4v) is 1.58. The fourth-order valence-electron chi connectivity index (χ4n) is 1.58. The van der Waals surface area contributed by atoms with Crippen molar-refractivity contribution < 1.29 is 18.5 Å². The smallest absolute Gasteiger partial charge is 0.307 e. The second kappa shape index (κ2) is 6.90. The normalized spacial score (nSPS) is 12.0. The minimum atomic E-state index is -1.29. The number of rotatable bonds is 6. The van der Waals surface area contributed by atoms with Gasteiger partial charge < -0.3 is 11.1 Å². The van der Waals surface area contributed by atoms with E-state index in [0.29, 0.717) is 31.5 Å². The molecule has 0 heterocycles. The highest BCUT2D eigenvalue weighted by Gasteiger charge is 2.21. The molecular formula is C12H15F2N3O3. The Morgan fingerprint density at radius 1 is 1.45 bits per heavy atom. The third-order valence-corrected chi connectivity index (χ3v) is 2.78. The molecule has 110 valence electrons. The Morgan fingerprint density at radius 3 is 2.65 bits per heavy atom. The summed E-state index contributed by atoms with van der Waals surface area (Å²) < 4.78 is 26.6. The number of halogens is 2. The van der Waals surface area contributed by atoms with E-state index >= 15 is 0 Å². The van der Waals surface area contributed by atoms with Gasteiger partial charge in [0, 0.05) is 18.1 Å². The average molecular weight is 287 g/mol. The number of carbonyl (C=O) groups excluding carboxylic acids is 1. The zero-order chi connectivity index (χ0) is 15.3. The van der Waals surface area contributed by atoms with Gasteiger partial charge in [0.15, 0.2) is 0 Å². The highest BCUT2D eigenvalue weighted by atomic mass is 19.1. The van der Waals surface area contributed by atoms with Gasteiger partial charge in [0.2, 0.25) is 11.7 Å². The van der Waals surface area contributed by atoms with Gasteiger partial charge in [0.25, 0.3) is 0 Å². The molecule has 1 aromatic carbocycles. The number of carbonyl (C=O) groups is 1. The van der Waals surface area contributed by atoms with Crippen molar-refractivity contribution in [1.29, 1.82) is 0 Å². The molecule has 0 radical (unpaired) electrons. The molecule has 0 saturated carbocycles. The van der Waals surface area contributed by atoms with Gasteiger partial charge in [-0.15, -0.1) is 0 Å². The number of benzene rings is 1. The van der Waals surface area contributed by atoms with Gasteiger partial charge in [-0.1, -0.05) is 6.92 Å². The SMILES string of the molecule is CC(CCCN)C(=O)Nc1cc([N+](=O)[O-])c(F)cc1F. The van der Waals surface area contributed by atoms with Crippen LogP contribution < -0.4 is 11.1 Å². The number of hydrogen-bond acceptors (Lipinski definition) is 4. The summed E-state index contributed by atoms with van der Waals surface area (Å²) >= 11 is 0. The minimum Gasteiger partial charge on any atom is -0.330 e. The summed E-state index contributed by atoms with van der Waals surface area (Å²) in [4.78, 5) is 21.3. The topological polar surface area (TPSA) is 98.3 Å². The molecule has 0 aliphatic rings. The van der Waals surface area contributed by atoms with Crippen LogP contribution in [0, 0.1) is 27.7 Å². The predicted octanol–water partition coefficient (Wildman–Crippen LogP) is 2.19. The van der Waals surface area contributed by atoms with Crippen LogP contribution in [-0.4, -0.2) is 17.4 Å². The molecule has 1 rings (SSSR count). The third-order valence-electron chi connectivity index (χ3n) is 2.78. The molecule has 0 aliphatic heterocycles. The first kappa shape index (κ1) is 16.0. The van der Waals surface area contributed by atoms with Crippen LogP contribution in [0.1, 0.15) is 19.8 Å². The van der Waals surface area contributed by atoms with Crippen LogP contribution in [0.5, 0.6) is 0 Å². The highest BCUT2D eigenvalue weighted by molar-refractivity contribution is 5.92. The van der Waals surface area contributed by atoms with Crippen LogP contribution in [0.3, 0.4) is 0 Å². The van der Waals surface area contributed by atoms with Gasteiger partial charge in [-0.3, -0.25) is 14.9 Å². The van der Waals surface area contributed by atoms with Crippen molar-refractivity contribution in [2.75, 3.05) is 11.9 Å². The van der Waals surface area contributed by atoms with Crippen molar-refractivity contribution in [1.82, 2.24) is 0 Å². The molecule has 0 aliphatic carbocycles. The van der Waals surface area contributed by atoms with Gasteiger partial charge >= 0.3 is 5.69 Å². The Kier molecular flexibility index (Phi) is 5.51. The lowest BCUT2D eigenvalue weighted by Gasteiger charge is -2.12. The van der Waals surface area contributed by atoms with E-state index in [1.807, 2.05) is 0 Å². The van der Waals surface area contributed by atoms with E-state index < -0.39 is 39.8 Å². The highest BCUT2D eigenvalue weighted by Crippen LogP contribution is 2.25. The standard InChI is InChI=1S/C12H15F2N3O3/c1-7(3-2-4-15)12(18)16-10-6-11(17(19)20)9(14)5-8(10)13/h5-7H,2-4,15H2,1H3,(H,16,18). The summed E-state index contributed by atoms with van der Waals surface area (Å²) in [6, 6.07) is 1.04. The van der Waals surface area contributed by atoms with Gasteiger partial charge in [-0.05, 0) is 19.4 Å². The van der Waals surface area contributed by atoms with Gasteiger partial charge in [0.05, 0.1) is 10.6 Å². The summed E-state index contributed by atoms with van der Waals surface area (Å²) in [6.07, 6.45) is 1.13. The summed E-state index contributed by atoms with van der Waals surface area (Å²) in [5.41, 5.74) is 4.01. The van der Waals surface area contributed by atoms with Crippen LogP contribution in [-0.2, 0) is 4.79 Å². The molecule has 1 amide bonds. The molecule has 20 heavy (non-hydrogen) atoms. The number of nitro groups is 1. The van der Waals surface area contributed by atoms with Crippen molar-refractivity contribution in [2.45, 2.75) is 19.8 Å². The number of nitro benzene ring substituents is 1. The molecule has 0 spiro atoms. The van der Waals surface area contributed by atoms with Crippen molar-refractivity contribution in [3.8, 4) is 0 Å². The maximum absolute atomic E-state index is 13.5. The van der Waals surface area contributed by atoms with E-state index in [1.54, 1.807) is 6.92 Å². The number of amides is 1. The molecule has 1 unspecified atom stereocenters. The lowest BCUT2D eigenvalue weighted by Crippen LogP contribution is -2.22. The summed E-state index contributed by atoms with van der Waals surface area (Å²) in [5.74, 6) is -3.28. The van der Waals surface area contributed by atoms with Crippen molar-refractivity contribution in [2.24, 2.45) is 11.7 Å². The third kappa shape index (κ3) is 3.95. The predicted molar refractivity (Wildman–Crippen MR) is 69.1 cm³/mol. The van der Waals surface area contributed by atoms with Crippen molar-refractivity contribution in [3.05, 3.63) is 33.9 Å². The Hall–Kier alpha value is -2.09. The lowest BCUT2D eigenvalue weighted by atomic mass is 10.0. The number of hydrogen-bond donors (Lipinski definition) is 2. The van der Waals surface area contributed by atoms with Gasteiger partial charge in [0.1, 0.15) is 5.82 Å². The van der Waals surface area contributed by atoms with Gasteiger partial charge in [-0.2, -0.15) is 4.39 Å². The number of anilines is 1. The van der Waals surface area contributed by atoms with E-state index in [0.717, 1.165) is 0 Å². The van der Waals surface area contributed by atoms with Crippen LogP contribution >= 0.6 is 0 Å². The van der Waals surface area contributed by atoms with Crippen LogP contribution in [0.2, 0.25) is 0 Å². The Morgan fingerprint density at radius 2 is 2.10 bits per heavy atom. The fraction of sp³-hybridized carbons (Fsp3) is 0.417. The molecule has 0 fully saturated rings. The lowest BCUT2D eigenvalue weighted by molar-refractivity contribution is -0.387. The largest absolute Gasteiger partial charge is 0.330 e. The molecule has 0 aromatic heterocycles. The van der Waals surface area contributed by atoms with Crippen LogP contribution in [0.4, 0.5) is 20.2 Å². The summed E-state index contributed by atoms with van der Waals surface area (Å²) in [6.45, 7) is 2.05. The summed E-state index contributed by atoms with van der Waals surface area (Å²) in [7, 11) is 0. The van der Waals surface area contributed by atoms with Crippen LogP contribution in [0.15, 0.2) is 12.1 Å². The molecule has 3 N–H and O–H groups in total. The average Bonchev–Trinajstić information content (AvgIpc) is 2.38. The quantitative estimate of drug-likeness (QED) is 0.619. The molecule has 1 aromatic rings. The second-order valence-corrected chi connectivity index (χ2v) is 4.36. The Balaban J connectivity index is 2.89. The molecule has 6 nitrogen and oxygen atoms in total. The van der Waals surface area contributed by atoms with Crippen molar-refractivity contribution in [3.63, 3.8) is 0 Å². The zero-order valence-electron chi connectivity index (χ0n) is 10.9. The number of nitrogens with two attached hydrogens (primary N) is 1.